The maximum atomic E-state index is 12.4. The Bertz CT molecular complexity index is 469. The van der Waals surface area contributed by atoms with Crippen molar-refractivity contribution in [2.45, 2.75) is 31.2 Å². The van der Waals surface area contributed by atoms with E-state index in [2.05, 4.69) is 0 Å². The SMILES string of the molecule is CC(C)N(CCCO)S(=O)(=O)c1ccc(N)cc1. The van der Waals surface area contributed by atoms with Gasteiger partial charge in [-0.2, -0.15) is 4.31 Å². The van der Waals surface area contributed by atoms with Gasteiger partial charge in [-0.3, -0.25) is 0 Å². The van der Waals surface area contributed by atoms with Crippen molar-refractivity contribution in [2.75, 3.05) is 18.9 Å². The molecule has 6 heteroatoms. The lowest BCUT2D eigenvalue weighted by Crippen LogP contribution is -2.38. The van der Waals surface area contributed by atoms with Crippen molar-refractivity contribution in [3.05, 3.63) is 24.3 Å². The molecule has 0 aliphatic heterocycles. The second-order valence-corrected chi connectivity index (χ2v) is 6.25. The molecular formula is C12H20N2O3S. The summed E-state index contributed by atoms with van der Waals surface area (Å²) in [5.41, 5.74) is 6.07. The highest BCUT2D eigenvalue weighted by Crippen LogP contribution is 2.19. The second kappa shape index (κ2) is 6.17. The molecule has 0 fully saturated rings. The largest absolute Gasteiger partial charge is 0.399 e. The Kier molecular flexibility index (Phi) is 5.13. The highest BCUT2D eigenvalue weighted by Gasteiger charge is 2.26. The van der Waals surface area contributed by atoms with Crippen LogP contribution in [0.25, 0.3) is 0 Å². The Hall–Kier alpha value is -1.11. The van der Waals surface area contributed by atoms with Crippen LogP contribution in [0.1, 0.15) is 20.3 Å². The molecule has 0 aromatic heterocycles. The van der Waals surface area contributed by atoms with E-state index in [0.717, 1.165) is 0 Å². The van der Waals surface area contributed by atoms with Gasteiger partial charge in [0.15, 0.2) is 0 Å². The van der Waals surface area contributed by atoms with Gasteiger partial charge in [-0.05, 0) is 44.5 Å². The van der Waals surface area contributed by atoms with Crippen LogP contribution in [0.5, 0.6) is 0 Å². The first-order chi connectivity index (χ1) is 8.39. The molecule has 0 saturated carbocycles. The molecule has 0 aliphatic carbocycles. The Labute approximate surface area is 108 Å². The highest BCUT2D eigenvalue weighted by molar-refractivity contribution is 7.89. The lowest BCUT2D eigenvalue weighted by molar-refractivity contribution is 0.258. The molecule has 0 amide bonds. The van der Waals surface area contributed by atoms with Crippen molar-refractivity contribution in [1.82, 2.24) is 4.31 Å². The van der Waals surface area contributed by atoms with Crippen LogP contribution < -0.4 is 5.73 Å². The first-order valence-electron chi connectivity index (χ1n) is 5.88. The molecule has 1 aromatic carbocycles. The van der Waals surface area contributed by atoms with E-state index in [1.54, 1.807) is 12.1 Å². The van der Waals surface area contributed by atoms with Crippen molar-refractivity contribution >= 4 is 15.7 Å². The quantitative estimate of drug-likeness (QED) is 0.758. The number of aliphatic hydroxyl groups is 1. The van der Waals surface area contributed by atoms with E-state index in [1.807, 2.05) is 13.8 Å². The van der Waals surface area contributed by atoms with E-state index >= 15 is 0 Å². The maximum absolute atomic E-state index is 12.4. The summed E-state index contributed by atoms with van der Waals surface area (Å²) in [7, 11) is -3.52. The molecule has 3 N–H and O–H groups in total. The lowest BCUT2D eigenvalue weighted by atomic mass is 10.3. The Morgan fingerprint density at radius 2 is 1.83 bits per heavy atom. The number of hydrogen-bond donors (Lipinski definition) is 2. The topological polar surface area (TPSA) is 83.6 Å². The van der Waals surface area contributed by atoms with E-state index in [-0.39, 0.29) is 17.5 Å². The van der Waals surface area contributed by atoms with Crippen molar-refractivity contribution in [3.63, 3.8) is 0 Å². The minimum Gasteiger partial charge on any atom is -0.399 e. The van der Waals surface area contributed by atoms with Crippen LogP contribution in [0.15, 0.2) is 29.2 Å². The number of nitrogens with two attached hydrogens (primary N) is 1. The van der Waals surface area contributed by atoms with Crippen LogP contribution in [-0.4, -0.2) is 37.0 Å². The zero-order chi connectivity index (χ0) is 13.8. The predicted molar refractivity (Wildman–Crippen MR) is 71.6 cm³/mol. The number of hydrogen-bond acceptors (Lipinski definition) is 4. The Balaban J connectivity index is 3.05. The average molecular weight is 272 g/mol. The fourth-order valence-corrected chi connectivity index (χ4v) is 3.33. The van der Waals surface area contributed by atoms with Crippen LogP contribution >= 0.6 is 0 Å². The molecular weight excluding hydrogens is 252 g/mol. The summed E-state index contributed by atoms with van der Waals surface area (Å²) in [6.07, 6.45) is 0.423. The molecule has 0 radical (unpaired) electrons. The molecule has 0 spiro atoms. The first-order valence-corrected chi connectivity index (χ1v) is 7.32. The van der Waals surface area contributed by atoms with Crippen LogP contribution in [0, 0.1) is 0 Å². The van der Waals surface area contributed by atoms with Gasteiger partial charge in [0, 0.05) is 24.9 Å². The van der Waals surface area contributed by atoms with Gasteiger partial charge in [0.05, 0.1) is 4.90 Å². The average Bonchev–Trinajstić information content (AvgIpc) is 2.29. The van der Waals surface area contributed by atoms with Crippen LogP contribution in [0.2, 0.25) is 0 Å². The van der Waals surface area contributed by atoms with Crippen molar-refractivity contribution in [3.8, 4) is 0 Å². The number of rotatable bonds is 6. The van der Waals surface area contributed by atoms with Gasteiger partial charge >= 0.3 is 0 Å². The fraction of sp³-hybridized carbons (Fsp3) is 0.500. The Morgan fingerprint density at radius 1 is 1.28 bits per heavy atom. The molecule has 0 atom stereocenters. The number of benzene rings is 1. The zero-order valence-corrected chi connectivity index (χ0v) is 11.5. The summed E-state index contributed by atoms with van der Waals surface area (Å²) in [5, 5.41) is 8.83. The normalized spacial score (nSPS) is 12.3. The maximum Gasteiger partial charge on any atom is 0.243 e. The van der Waals surface area contributed by atoms with Crippen molar-refractivity contribution < 1.29 is 13.5 Å². The minimum absolute atomic E-state index is 0.0273. The van der Waals surface area contributed by atoms with E-state index in [9.17, 15) is 8.42 Å². The van der Waals surface area contributed by atoms with Gasteiger partial charge in [0.2, 0.25) is 10.0 Å². The predicted octanol–water partition coefficient (Wildman–Crippen LogP) is 1.05. The first kappa shape index (κ1) is 14.9. The van der Waals surface area contributed by atoms with Crippen LogP contribution in [-0.2, 0) is 10.0 Å². The molecule has 1 aromatic rings. The molecule has 0 heterocycles. The molecule has 5 nitrogen and oxygen atoms in total. The summed E-state index contributed by atoms with van der Waals surface area (Å²) >= 11 is 0. The van der Waals surface area contributed by atoms with Crippen molar-refractivity contribution in [2.24, 2.45) is 0 Å². The monoisotopic (exact) mass is 272 g/mol. The zero-order valence-electron chi connectivity index (χ0n) is 10.7. The highest BCUT2D eigenvalue weighted by atomic mass is 32.2. The van der Waals surface area contributed by atoms with E-state index in [1.165, 1.54) is 16.4 Å². The van der Waals surface area contributed by atoms with Gasteiger partial charge in [0.1, 0.15) is 0 Å². The third-order valence-corrected chi connectivity index (χ3v) is 4.69. The third-order valence-electron chi connectivity index (χ3n) is 2.60. The van der Waals surface area contributed by atoms with Crippen molar-refractivity contribution in [1.29, 1.82) is 0 Å². The smallest absolute Gasteiger partial charge is 0.243 e. The van der Waals surface area contributed by atoms with E-state index in [4.69, 9.17) is 10.8 Å². The van der Waals surface area contributed by atoms with E-state index in [0.29, 0.717) is 18.7 Å². The number of nitrogens with zero attached hydrogens (tertiary/aromatic N) is 1. The summed E-state index contributed by atoms with van der Waals surface area (Å²) < 4.78 is 26.2. The number of aliphatic hydroxyl groups excluding tert-OH is 1. The lowest BCUT2D eigenvalue weighted by Gasteiger charge is -2.25. The number of nitrogen functional groups attached to an aromatic ring is 1. The molecule has 0 bridgehead atoms. The van der Waals surface area contributed by atoms with Crippen LogP contribution in [0.3, 0.4) is 0 Å². The summed E-state index contributed by atoms with van der Waals surface area (Å²) in [5.74, 6) is 0. The van der Waals surface area contributed by atoms with E-state index < -0.39 is 10.0 Å². The fourth-order valence-electron chi connectivity index (χ4n) is 1.66. The molecule has 0 aliphatic rings. The third kappa shape index (κ3) is 3.44. The number of sulfonamides is 1. The van der Waals surface area contributed by atoms with Gasteiger partial charge < -0.3 is 10.8 Å². The molecule has 18 heavy (non-hydrogen) atoms. The second-order valence-electron chi connectivity index (χ2n) is 4.36. The minimum atomic E-state index is -3.52. The van der Waals surface area contributed by atoms with Gasteiger partial charge in [-0.1, -0.05) is 0 Å². The van der Waals surface area contributed by atoms with Gasteiger partial charge in [-0.25, -0.2) is 8.42 Å². The molecule has 102 valence electrons. The van der Waals surface area contributed by atoms with Crippen LogP contribution in [0.4, 0.5) is 5.69 Å². The van der Waals surface area contributed by atoms with Gasteiger partial charge in [0.25, 0.3) is 0 Å². The molecule has 0 unspecified atom stereocenters. The molecule has 0 saturated heterocycles. The summed E-state index contributed by atoms with van der Waals surface area (Å²) in [6.45, 7) is 3.90. The summed E-state index contributed by atoms with van der Waals surface area (Å²) in [6, 6.07) is 5.98. The Morgan fingerprint density at radius 3 is 2.28 bits per heavy atom. The summed E-state index contributed by atoms with van der Waals surface area (Å²) in [4.78, 5) is 0.225. The molecule has 1 rings (SSSR count). The van der Waals surface area contributed by atoms with Gasteiger partial charge in [-0.15, -0.1) is 0 Å². The number of anilines is 1. The standard InChI is InChI=1S/C12H20N2O3S/c1-10(2)14(8-3-9-15)18(16,17)12-6-4-11(13)5-7-12/h4-7,10,15H,3,8-9,13H2,1-2H3.